The van der Waals surface area contributed by atoms with E-state index in [9.17, 15) is 9.59 Å². The zero-order chi connectivity index (χ0) is 20.8. The van der Waals surface area contributed by atoms with E-state index in [1.165, 1.54) is 6.08 Å². The molecule has 1 heterocycles. The van der Waals surface area contributed by atoms with Crippen molar-refractivity contribution in [1.82, 2.24) is 0 Å². The second-order valence-electron chi connectivity index (χ2n) is 6.13. The zero-order valence-corrected chi connectivity index (χ0v) is 17.1. The Morgan fingerprint density at radius 2 is 1.76 bits per heavy atom. The van der Waals surface area contributed by atoms with E-state index in [0.717, 1.165) is 5.56 Å². The molecule has 2 aromatic carbocycles. The van der Waals surface area contributed by atoms with E-state index >= 15 is 0 Å². The minimum absolute atomic E-state index is 0.126. The highest BCUT2D eigenvalue weighted by atomic mass is 35.5. The number of carbonyl (C=O) groups is 2. The summed E-state index contributed by atoms with van der Waals surface area (Å²) in [6, 6.07) is 15.7. The molecule has 0 aliphatic heterocycles. The fourth-order valence-corrected chi connectivity index (χ4v) is 2.78. The van der Waals surface area contributed by atoms with Gasteiger partial charge in [0.1, 0.15) is 11.5 Å². The maximum absolute atomic E-state index is 12.2. The van der Waals surface area contributed by atoms with Crippen molar-refractivity contribution in [2.45, 2.75) is 13.3 Å². The number of hydrogen-bond donors (Lipinski definition) is 2. The molecule has 0 aliphatic rings. The molecule has 29 heavy (non-hydrogen) atoms. The molecule has 0 fully saturated rings. The maximum Gasteiger partial charge on any atom is 0.248 e. The maximum atomic E-state index is 12.2. The van der Waals surface area contributed by atoms with Gasteiger partial charge in [0.25, 0.3) is 0 Å². The zero-order valence-electron chi connectivity index (χ0n) is 15.5. The lowest BCUT2D eigenvalue weighted by Crippen LogP contribution is -2.11. The van der Waals surface area contributed by atoms with Crippen molar-refractivity contribution in [2.24, 2.45) is 0 Å². The van der Waals surface area contributed by atoms with E-state index in [2.05, 4.69) is 10.6 Å². The van der Waals surface area contributed by atoms with Gasteiger partial charge < -0.3 is 15.1 Å². The van der Waals surface area contributed by atoms with Crippen LogP contribution in [0.25, 0.3) is 17.4 Å². The van der Waals surface area contributed by atoms with Gasteiger partial charge in [-0.15, -0.1) is 0 Å². The van der Waals surface area contributed by atoms with Gasteiger partial charge in [-0.25, -0.2) is 0 Å². The Balaban J connectivity index is 1.66. The Kier molecular flexibility index (Phi) is 6.75. The lowest BCUT2D eigenvalue weighted by atomic mass is 10.2. The van der Waals surface area contributed by atoms with Crippen molar-refractivity contribution < 1.29 is 14.0 Å². The van der Waals surface area contributed by atoms with Crippen LogP contribution in [0, 0.1) is 0 Å². The molecule has 0 spiro atoms. The summed E-state index contributed by atoms with van der Waals surface area (Å²) < 4.78 is 5.73. The monoisotopic (exact) mass is 428 g/mol. The number of rotatable bonds is 6. The number of amides is 2. The van der Waals surface area contributed by atoms with Gasteiger partial charge in [0.15, 0.2) is 0 Å². The summed E-state index contributed by atoms with van der Waals surface area (Å²) in [5.74, 6) is 0.693. The summed E-state index contributed by atoms with van der Waals surface area (Å²) in [6.45, 7) is 1.76. The lowest BCUT2D eigenvalue weighted by Gasteiger charge is -2.09. The van der Waals surface area contributed by atoms with Gasteiger partial charge in [-0.3, -0.25) is 9.59 Å². The molecule has 2 amide bonds. The molecule has 0 radical (unpaired) electrons. The van der Waals surface area contributed by atoms with E-state index in [4.69, 9.17) is 27.6 Å². The van der Waals surface area contributed by atoms with Crippen LogP contribution in [0.4, 0.5) is 11.4 Å². The predicted molar refractivity (Wildman–Crippen MR) is 117 cm³/mol. The van der Waals surface area contributed by atoms with Crippen molar-refractivity contribution in [3.8, 4) is 11.3 Å². The lowest BCUT2D eigenvalue weighted by molar-refractivity contribution is -0.116. The fraction of sp³-hybridized carbons (Fsp3) is 0.0909. The van der Waals surface area contributed by atoms with Crippen LogP contribution in [0.3, 0.4) is 0 Å². The van der Waals surface area contributed by atoms with Crippen molar-refractivity contribution >= 4 is 52.5 Å². The third kappa shape index (κ3) is 5.73. The Morgan fingerprint density at radius 3 is 2.48 bits per heavy atom. The third-order valence-corrected chi connectivity index (χ3v) is 4.57. The third-order valence-electron chi connectivity index (χ3n) is 3.98. The molecule has 0 aliphatic carbocycles. The Labute approximate surface area is 178 Å². The number of furan rings is 1. The molecule has 3 rings (SSSR count). The van der Waals surface area contributed by atoms with Crippen molar-refractivity contribution in [3.63, 3.8) is 0 Å². The minimum Gasteiger partial charge on any atom is -0.457 e. The summed E-state index contributed by atoms with van der Waals surface area (Å²) in [4.78, 5) is 23.8. The topological polar surface area (TPSA) is 71.3 Å². The molecule has 0 bridgehead atoms. The van der Waals surface area contributed by atoms with Crippen LogP contribution < -0.4 is 10.6 Å². The molecule has 0 unspecified atom stereocenters. The number of halogens is 2. The smallest absolute Gasteiger partial charge is 0.248 e. The fourth-order valence-electron chi connectivity index (χ4n) is 2.49. The summed E-state index contributed by atoms with van der Waals surface area (Å²) in [5.41, 5.74) is 1.84. The molecule has 148 valence electrons. The number of benzene rings is 2. The first-order chi connectivity index (χ1) is 13.9. The first-order valence-electron chi connectivity index (χ1n) is 8.89. The molecule has 1 aromatic heterocycles. The first kappa shape index (κ1) is 20.7. The van der Waals surface area contributed by atoms with Gasteiger partial charge in [0.2, 0.25) is 11.8 Å². The van der Waals surface area contributed by atoms with Crippen LogP contribution in [-0.2, 0) is 9.59 Å². The van der Waals surface area contributed by atoms with Crippen molar-refractivity contribution in [3.05, 3.63) is 76.5 Å². The predicted octanol–water partition coefficient (Wildman–Crippen LogP) is 6.25. The van der Waals surface area contributed by atoms with Gasteiger partial charge >= 0.3 is 0 Å². The van der Waals surface area contributed by atoms with Gasteiger partial charge in [-0.1, -0.05) is 30.1 Å². The molecule has 0 atom stereocenters. The van der Waals surface area contributed by atoms with Crippen LogP contribution in [-0.4, -0.2) is 11.8 Å². The normalized spacial score (nSPS) is 10.9. The van der Waals surface area contributed by atoms with E-state index in [1.807, 2.05) is 18.2 Å². The van der Waals surface area contributed by atoms with Crippen LogP contribution in [0.1, 0.15) is 19.1 Å². The van der Waals surface area contributed by atoms with Crippen molar-refractivity contribution in [2.75, 3.05) is 10.6 Å². The highest BCUT2D eigenvalue weighted by Crippen LogP contribution is 2.26. The van der Waals surface area contributed by atoms with Crippen LogP contribution in [0.15, 0.2) is 65.1 Å². The number of hydrogen-bond acceptors (Lipinski definition) is 3. The quantitative estimate of drug-likeness (QED) is 0.455. The van der Waals surface area contributed by atoms with Crippen molar-refractivity contribution in [1.29, 1.82) is 0 Å². The van der Waals surface area contributed by atoms with Gasteiger partial charge in [-0.05, 0) is 60.7 Å². The average Bonchev–Trinajstić information content (AvgIpc) is 3.18. The second kappa shape index (κ2) is 9.45. The summed E-state index contributed by atoms with van der Waals surface area (Å²) >= 11 is 12.0. The summed E-state index contributed by atoms with van der Waals surface area (Å²) in [5, 5.41) is 6.43. The molecule has 5 nitrogen and oxygen atoms in total. The van der Waals surface area contributed by atoms with Gasteiger partial charge in [0, 0.05) is 28.8 Å². The number of anilines is 2. The van der Waals surface area contributed by atoms with Crippen LogP contribution >= 0.6 is 23.2 Å². The molecule has 7 heteroatoms. The van der Waals surface area contributed by atoms with E-state index in [-0.39, 0.29) is 11.8 Å². The van der Waals surface area contributed by atoms with Crippen LogP contribution in [0.5, 0.6) is 0 Å². The Bertz CT molecular complexity index is 1060. The van der Waals surface area contributed by atoms with E-state index in [1.54, 1.807) is 49.4 Å². The molecule has 3 aromatic rings. The Morgan fingerprint density at radius 1 is 1.00 bits per heavy atom. The minimum atomic E-state index is -0.379. The molecule has 0 saturated heterocycles. The molecular formula is C22H18Cl2N2O3. The largest absolute Gasteiger partial charge is 0.457 e. The van der Waals surface area contributed by atoms with Crippen LogP contribution in [0.2, 0.25) is 10.0 Å². The van der Waals surface area contributed by atoms with Gasteiger partial charge in [0.05, 0.1) is 10.7 Å². The summed E-state index contributed by atoms with van der Waals surface area (Å²) in [6.07, 6.45) is 3.26. The Hall–Kier alpha value is -3.02. The summed E-state index contributed by atoms with van der Waals surface area (Å²) in [7, 11) is 0. The highest BCUT2D eigenvalue weighted by Gasteiger charge is 2.08. The van der Waals surface area contributed by atoms with Gasteiger partial charge in [-0.2, -0.15) is 0 Å². The van der Waals surface area contributed by atoms with E-state index < -0.39 is 0 Å². The highest BCUT2D eigenvalue weighted by molar-refractivity contribution is 6.34. The standard InChI is InChI=1S/C22H18Cl2N2O3/c1-2-21(27)25-16-7-10-18(24)19(13-16)26-22(28)12-9-17-8-11-20(29-17)14-3-5-15(23)6-4-14/h3-13H,2H2,1H3,(H,25,27)(H,26,28). The number of nitrogens with one attached hydrogen (secondary N) is 2. The second-order valence-corrected chi connectivity index (χ2v) is 6.97. The molecule has 2 N–H and O–H groups in total. The molecular weight excluding hydrogens is 411 g/mol. The average molecular weight is 429 g/mol. The van der Waals surface area contributed by atoms with E-state index in [0.29, 0.717) is 39.4 Å². The SMILES string of the molecule is CCC(=O)Nc1ccc(Cl)c(NC(=O)C=Cc2ccc(-c3ccc(Cl)cc3)o2)c1. The first-order valence-corrected chi connectivity index (χ1v) is 9.64. The molecule has 0 saturated carbocycles. The number of carbonyl (C=O) groups excluding carboxylic acids is 2.